The zero-order valence-corrected chi connectivity index (χ0v) is 11.8. The summed E-state index contributed by atoms with van der Waals surface area (Å²) in [4.78, 5) is 11.2. The van der Waals surface area contributed by atoms with Crippen molar-refractivity contribution in [2.45, 2.75) is 13.0 Å². The molecule has 1 aromatic rings. The molecule has 4 nitrogen and oxygen atoms in total. The summed E-state index contributed by atoms with van der Waals surface area (Å²) in [5, 5.41) is 2.70. The highest BCUT2D eigenvalue weighted by Gasteiger charge is 2.09. The summed E-state index contributed by atoms with van der Waals surface area (Å²) in [6.45, 7) is 2.12. The first-order valence-corrected chi connectivity index (χ1v) is 6.18. The van der Waals surface area contributed by atoms with Gasteiger partial charge in [0.2, 0.25) is 5.91 Å². The number of rotatable bonds is 6. The third-order valence-electron chi connectivity index (χ3n) is 2.07. The average Bonchev–Trinajstić information content (AvgIpc) is 2.28. The zero-order valence-electron chi connectivity index (χ0n) is 10.2. The van der Waals surface area contributed by atoms with E-state index in [2.05, 4.69) is 21.2 Å². The van der Waals surface area contributed by atoms with E-state index >= 15 is 0 Å². The smallest absolute Gasteiger partial charge is 0.246 e. The van der Waals surface area contributed by atoms with E-state index in [0.717, 1.165) is 0 Å². The molecular weight excluding hydrogens is 305 g/mol. The lowest BCUT2D eigenvalue weighted by molar-refractivity contribution is -0.125. The number of hydrogen-bond donors (Lipinski definition) is 1. The standard InChI is InChI=1S/C12H15BrFNO3/c1-8(15-12(16)7-17-2)6-18-11-4-3-9(14)5-10(11)13/h3-5,8H,6-7H2,1-2H3,(H,15,16). The Labute approximate surface area is 114 Å². The molecule has 1 unspecified atom stereocenters. The monoisotopic (exact) mass is 319 g/mol. The van der Waals surface area contributed by atoms with Gasteiger partial charge in [0, 0.05) is 7.11 Å². The first-order chi connectivity index (χ1) is 8.52. The first-order valence-electron chi connectivity index (χ1n) is 5.39. The second-order valence-electron chi connectivity index (χ2n) is 3.79. The normalized spacial score (nSPS) is 12.0. The molecule has 0 aliphatic carbocycles. The van der Waals surface area contributed by atoms with Crippen molar-refractivity contribution in [2.24, 2.45) is 0 Å². The van der Waals surface area contributed by atoms with Crippen LogP contribution in [0.3, 0.4) is 0 Å². The minimum absolute atomic E-state index is 0.0184. The number of amides is 1. The van der Waals surface area contributed by atoms with Gasteiger partial charge in [-0.3, -0.25) is 4.79 Å². The number of carbonyl (C=O) groups excluding carboxylic acids is 1. The topological polar surface area (TPSA) is 47.6 Å². The molecule has 0 spiro atoms. The van der Waals surface area contributed by atoms with Gasteiger partial charge < -0.3 is 14.8 Å². The van der Waals surface area contributed by atoms with Crippen LogP contribution in [0.2, 0.25) is 0 Å². The van der Waals surface area contributed by atoms with Crippen LogP contribution < -0.4 is 10.1 Å². The van der Waals surface area contributed by atoms with Crippen molar-refractivity contribution >= 4 is 21.8 Å². The van der Waals surface area contributed by atoms with Gasteiger partial charge in [0.1, 0.15) is 24.8 Å². The van der Waals surface area contributed by atoms with Crippen LogP contribution in [-0.4, -0.2) is 32.3 Å². The molecule has 1 rings (SSSR count). The molecule has 0 saturated carbocycles. The fraction of sp³-hybridized carbons (Fsp3) is 0.417. The van der Waals surface area contributed by atoms with Crippen molar-refractivity contribution in [3.63, 3.8) is 0 Å². The van der Waals surface area contributed by atoms with Gasteiger partial charge >= 0.3 is 0 Å². The summed E-state index contributed by atoms with van der Waals surface area (Å²) in [6, 6.07) is 4.01. The maximum Gasteiger partial charge on any atom is 0.246 e. The molecule has 0 aromatic heterocycles. The molecule has 1 N–H and O–H groups in total. The fourth-order valence-electron chi connectivity index (χ4n) is 1.30. The van der Waals surface area contributed by atoms with Crippen LogP contribution in [0.15, 0.2) is 22.7 Å². The van der Waals surface area contributed by atoms with Gasteiger partial charge in [-0.05, 0) is 41.1 Å². The summed E-state index contributed by atoms with van der Waals surface area (Å²) in [5.41, 5.74) is 0. The minimum atomic E-state index is -0.337. The van der Waals surface area contributed by atoms with Gasteiger partial charge in [-0.1, -0.05) is 0 Å². The highest BCUT2D eigenvalue weighted by atomic mass is 79.9. The Balaban J connectivity index is 2.42. The molecule has 0 fully saturated rings. The van der Waals surface area contributed by atoms with Crippen LogP contribution >= 0.6 is 15.9 Å². The quantitative estimate of drug-likeness (QED) is 0.873. The van der Waals surface area contributed by atoms with Crippen LogP contribution in [0.5, 0.6) is 5.75 Å². The van der Waals surface area contributed by atoms with Crippen molar-refractivity contribution < 1.29 is 18.7 Å². The highest BCUT2D eigenvalue weighted by molar-refractivity contribution is 9.10. The Hall–Kier alpha value is -1.14. The molecule has 0 heterocycles. The third-order valence-corrected chi connectivity index (χ3v) is 2.69. The summed E-state index contributed by atoms with van der Waals surface area (Å²) < 4.78 is 23.5. The molecule has 0 saturated heterocycles. The zero-order chi connectivity index (χ0) is 13.5. The molecule has 100 valence electrons. The molecule has 6 heteroatoms. The Morgan fingerprint density at radius 2 is 2.28 bits per heavy atom. The largest absolute Gasteiger partial charge is 0.490 e. The maximum absolute atomic E-state index is 12.8. The van der Waals surface area contributed by atoms with E-state index in [1.54, 1.807) is 0 Å². The number of nitrogens with one attached hydrogen (secondary N) is 1. The van der Waals surface area contributed by atoms with Crippen LogP contribution in [0, 0.1) is 5.82 Å². The van der Waals surface area contributed by atoms with Crippen LogP contribution in [0.25, 0.3) is 0 Å². The van der Waals surface area contributed by atoms with Crippen molar-refractivity contribution in [1.82, 2.24) is 5.32 Å². The van der Waals surface area contributed by atoms with Gasteiger partial charge in [-0.15, -0.1) is 0 Å². The van der Waals surface area contributed by atoms with Gasteiger partial charge in [-0.2, -0.15) is 0 Å². The van der Waals surface area contributed by atoms with E-state index in [1.807, 2.05) is 6.92 Å². The van der Waals surface area contributed by atoms with Gasteiger partial charge in [-0.25, -0.2) is 4.39 Å². The van der Waals surface area contributed by atoms with Crippen LogP contribution in [0.1, 0.15) is 6.92 Å². The number of carbonyl (C=O) groups is 1. The van der Waals surface area contributed by atoms with E-state index in [1.165, 1.54) is 25.3 Å². The Bertz CT molecular complexity index is 414. The molecule has 18 heavy (non-hydrogen) atoms. The molecule has 0 aliphatic rings. The van der Waals surface area contributed by atoms with Crippen LogP contribution in [-0.2, 0) is 9.53 Å². The van der Waals surface area contributed by atoms with E-state index in [9.17, 15) is 9.18 Å². The number of methoxy groups -OCH3 is 1. The van der Waals surface area contributed by atoms with Crippen molar-refractivity contribution in [2.75, 3.05) is 20.3 Å². The van der Waals surface area contributed by atoms with Crippen molar-refractivity contribution in [3.8, 4) is 5.75 Å². The lowest BCUT2D eigenvalue weighted by Gasteiger charge is -2.15. The second-order valence-corrected chi connectivity index (χ2v) is 4.64. The summed E-state index contributed by atoms with van der Waals surface area (Å²) in [6.07, 6.45) is 0. The molecule has 1 aromatic carbocycles. The van der Waals surface area contributed by atoms with E-state index < -0.39 is 0 Å². The van der Waals surface area contributed by atoms with E-state index in [4.69, 9.17) is 9.47 Å². The minimum Gasteiger partial charge on any atom is -0.490 e. The number of ether oxygens (including phenoxy) is 2. The predicted octanol–water partition coefficient (Wildman–Crippen LogP) is 2.12. The Morgan fingerprint density at radius 1 is 1.56 bits per heavy atom. The third kappa shape index (κ3) is 5.01. The van der Waals surface area contributed by atoms with Crippen LogP contribution in [0.4, 0.5) is 4.39 Å². The molecule has 1 amide bonds. The highest BCUT2D eigenvalue weighted by Crippen LogP contribution is 2.25. The fourth-order valence-corrected chi connectivity index (χ4v) is 1.76. The molecule has 0 radical (unpaired) electrons. The van der Waals surface area contributed by atoms with Gasteiger partial charge in [0.05, 0.1) is 10.5 Å². The molecule has 0 aliphatic heterocycles. The van der Waals surface area contributed by atoms with Gasteiger partial charge in [0.15, 0.2) is 0 Å². The summed E-state index contributed by atoms with van der Waals surface area (Å²) in [7, 11) is 1.45. The molecule has 0 bridgehead atoms. The SMILES string of the molecule is COCC(=O)NC(C)COc1ccc(F)cc1Br. The second kappa shape index (κ2) is 7.33. The number of hydrogen-bond acceptors (Lipinski definition) is 3. The maximum atomic E-state index is 12.8. The Kier molecular flexibility index (Phi) is 6.07. The Morgan fingerprint density at radius 3 is 2.89 bits per heavy atom. The molecule has 1 atom stereocenters. The average molecular weight is 320 g/mol. The van der Waals surface area contributed by atoms with Crippen molar-refractivity contribution in [3.05, 3.63) is 28.5 Å². The van der Waals surface area contributed by atoms with Gasteiger partial charge in [0.25, 0.3) is 0 Å². The first kappa shape index (κ1) is 14.9. The molecular formula is C12H15BrFNO3. The summed E-state index contributed by atoms with van der Waals surface area (Å²) in [5.74, 6) is -0.00770. The van der Waals surface area contributed by atoms with Crippen molar-refractivity contribution in [1.29, 1.82) is 0 Å². The predicted molar refractivity (Wildman–Crippen MR) is 69.1 cm³/mol. The lowest BCUT2D eigenvalue weighted by atomic mass is 10.3. The van der Waals surface area contributed by atoms with E-state index in [0.29, 0.717) is 16.8 Å². The lowest BCUT2D eigenvalue weighted by Crippen LogP contribution is -2.38. The number of benzene rings is 1. The van der Waals surface area contributed by atoms with E-state index in [-0.39, 0.29) is 24.4 Å². The number of halogens is 2. The summed E-state index contributed by atoms with van der Waals surface area (Å²) >= 11 is 3.20.